The molecule has 176 valence electrons. The zero-order valence-corrected chi connectivity index (χ0v) is 21.4. The van der Waals surface area contributed by atoms with Gasteiger partial charge < -0.3 is 0 Å². The normalized spacial score (nSPS) is 12.1. The van der Waals surface area contributed by atoms with Gasteiger partial charge in [0.15, 0.2) is 0 Å². The number of halogens is 1. The summed E-state index contributed by atoms with van der Waals surface area (Å²) in [7, 11) is 0. The zero-order valence-electron chi connectivity index (χ0n) is 20.5. The van der Waals surface area contributed by atoms with Crippen molar-refractivity contribution < 1.29 is 0 Å². The first-order valence-electron chi connectivity index (χ1n) is 13.1. The molecule has 1 aromatic carbocycles. The lowest BCUT2D eigenvalue weighted by Crippen LogP contribution is -2.29. The SMILES string of the molecule is CCCCCCCCCCN(CCCCCCCCCC)C(C)c1ccccc1.Cl. The van der Waals surface area contributed by atoms with Crippen molar-refractivity contribution in [3.8, 4) is 0 Å². The molecule has 1 atom stereocenters. The lowest BCUT2D eigenvalue weighted by atomic mass is 10.0. The molecule has 0 aliphatic heterocycles. The van der Waals surface area contributed by atoms with Crippen molar-refractivity contribution in [3.63, 3.8) is 0 Å². The molecule has 0 spiro atoms. The summed E-state index contributed by atoms with van der Waals surface area (Å²) in [5.41, 5.74) is 1.48. The Morgan fingerprint density at radius 1 is 0.567 bits per heavy atom. The van der Waals surface area contributed by atoms with Gasteiger partial charge in [-0.2, -0.15) is 0 Å². The molecule has 0 N–H and O–H groups in total. The first kappa shape index (κ1) is 29.5. The van der Waals surface area contributed by atoms with Gasteiger partial charge in [0.05, 0.1) is 0 Å². The van der Waals surface area contributed by atoms with Gasteiger partial charge >= 0.3 is 0 Å². The van der Waals surface area contributed by atoms with E-state index in [0.29, 0.717) is 6.04 Å². The summed E-state index contributed by atoms with van der Waals surface area (Å²) in [5.74, 6) is 0. The molecule has 0 amide bonds. The summed E-state index contributed by atoms with van der Waals surface area (Å²) in [6.07, 6.45) is 22.6. The van der Waals surface area contributed by atoms with Gasteiger partial charge in [0.2, 0.25) is 0 Å². The molecule has 1 rings (SSSR count). The molecular weight excluding hydrogens is 386 g/mol. The molecule has 0 heterocycles. The quantitative estimate of drug-likeness (QED) is 0.183. The summed E-state index contributed by atoms with van der Waals surface area (Å²) in [5, 5.41) is 0. The minimum absolute atomic E-state index is 0. The van der Waals surface area contributed by atoms with Crippen LogP contribution in [0, 0.1) is 0 Å². The maximum absolute atomic E-state index is 2.75. The van der Waals surface area contributed by atoms with Crippen LogP contribution < -0.4 is 0 Å². The Balaban J connectivity index is 0.00000841. The average molecular weight is 438 g/mol. The minimum Gasteiger partial charge on any atom is -0.297 e. The third-order valence-electron chi connectivity index (χ3n) is 6.43. The van der Waals surface area contributed by atoms with E-state index in [0.717, 1.165) is 0 Å². The van der Waals surface area contributed by atoms with Gasteiger partial charge in [-0.15, -0.1) is 12.4 Å². The predicted octanol–water partition coefficient (Wildman–Crippen LogP) is 9.75. The van der Waals surface area contributed by atoms with E-state index in [-0.39, 0.29) is 12.4 Å². The Labute approximate surface area is 195 Å². The summed E-state index contributed by atoms with van der Waals surface area (Å²) in [6.45, 7) is 9.54. The van der Waals surface area contributed by atoms with E-state index in [1.807, 2.05) is 0 Å². The van der Waals surface area contributed by atoms with Crippen LogP contribution in [0.1, 0.15) is 135 Å². The molecular formula is C28H52ClN. The van der Waals surface area contributed by atoms with E-state index in [1.165, 1.54) is 121 Å². The molecule has 0 radical (unpaired) electrons. The monoisotopic (exact) mass is 437 g/mol. The molecule has 1 unspecified atom stereocenters. The smallest absolute Gasteiger partial charge is 0.0319 e. The van der Waals surface area contributed by atoms with Gasteiger partial charge in [-0.05, 0) is 38.4 Å². The topological polar surface area (TPSA) is 3.24 Å². The van der Waals surface area contributed by atoms with Crippen molar-refractivity contribution in [2.24, 2.45) is 0 Å². The van der Waals surface area contributed by atoms with Crippen LogP contribution in [0.15, 0.2) is 30.3 Å². The van der Waals surface area contributed by atoms with Crippen molar-refractivity contribution in [1.29, 1.82) is 0 Å². The summed E-state index contributed by atoms with van der Waals surface area (Å²) in [6, 6.07) is 11.7. The third kappa shape index (κ3) is 15.3. The number of hydrogen-bond acceptors (Lipinski definition) is 1. The molecule has 0 bridgehead atoms. The van der Waals surface area contributed by atoms with Crippen LogP contribution in [-0.4, -0.2) is 18.0 Å². The fourth-order valence-corrected chi connectivity index (χ4v) is 4.34. The van der Waals surface area contributed by atoms with E-state index in [4.69, 9.17) is 0 Å². The zero-order chi connectivity index (χ0) is 21.0. The molecule has 0 aliphatic carbocycles. The molecule has 0 saturated carbocycles. The lowest BCUT2D eigenvalue weighted by Gasteiger charge is -2.29. The van der Waals surface area contributed by atoms with Gasteiger partial charge in [0, 0.05) is 6.04 Å². The largest absolute Gasteiger partial charge is 0.297 e. The van der Waals surface area contributed by atoms with Crippen LogP contribution in [0.2, 0.25) is 0 Å². The molecule has 30 heavy (non-hydrogen) atoms. The lowest BCUT2D eigenvalue weighted by molar-refractivity contribution is 0.201. The molecule has 0 aliphatic rings. The van der Waals surface area contributed by atoms with E-state index >= 15 is 0 Å². The van der Waals surface area contributed by atoms with Crippen LogP contribution >= 0.6 is 12.4 Å². The van der Waals surface area contributed by atoms with Gasteiger partial charge in [-0.1, -0.05) is 134 Å². The number of rotatable bonds is 20. The number of unbranched alkanes of at least 4 members (excludes halogenated alkanes) is 14. The highest BCUT2D eigenvalue weighted by Crippen LogP contribution is 2.22. The second-order valence-electron chi connectivity index (χ2n) is 9.07. The highest BCUT2D eigenvalue weighted by atomic mass is 35.5. The van der Waals surface area contributed by atoms with E-state index in [9.17, 15) is 0 Å². The first-order chi connectivity index (χ1) is 14.3. The van der Waals surface area contributed by atoms with Gasteiger partial charge in [-0.25, -0.2) is 0 Å². The van der Waals surface area contributed by atoms with Crippen LogP contribution in [0.4, 0.5) is 0 Å². The number of nitrogens with zero attached hydrogens (tertiary/aromatic N) is 1. The second-order valence-corrected chi connectivity index (χ2v) is 9.07. The molecule has 1 nitrogen and oxygen atoms in total. The summed E-state index contributed by atoms with van der Waals surface area (Å²) >= 11 is 0. The van der Waals surface area contributed by atoms with Crippen LogP contribution in [0.5, 0.6) is 0 Å². The van der Waals surface area contributed by atoms with Crippen LogP contribution in [0.25, 0.3) is 0 Å². The Morgan fingerprint density at radius 2 is 0.933 bits per heavy atom. The minimum atomic E-state index is 0. The molecule has 0 saturated heterocycles. The summed E-state index contributed by atoms with van der Waals surface area (Å²) in [4.78, 5) is 2.75. The maximum atomic E-state index is 2.75. The fraction of sp³-hybridized carbons (Fsp3) is 0.786. The maximum Gasteiger partial charge on any atom is 0.0319 e. The van der Waals surface area contributed by atoms with Crippen LogP contribution in [0.3, 0.4) is 0 Å². The van der Waals surface area contributed by atoms with Gasteiger partial charge in [0.25, 0.3) is 0 Å². The van der Waals surface area contributed by atoms with Crippen molar-refractivity contribution >= 4 is 12.4 Å². The Bertz CT molecular complexity index is 427. The highest BCUT2D eigenvalue weighted by Gasteiger charge is 2.14. The highest BCUT2D eigenvalue weighted by molar-refractivity contribution is 5.85. The summed E-state index contributed by atoms with van der Waals surface area (Å²) < 4.78 is 0. The molecule has 0 aromatic heterocycles. The predicted molar refractivity (Wildman–Crippen MR) is 139 cm³/mol. The standard InChI is InChI=1S/C28H51N.ClH/c1-4-6-8-10-12-14-16-21-25-29(27(3)28-23-19-18-20-24-28)26-22-17-15-13-11-9-7-5-2;/h18-20,23-24,27H,4-17,21-22,25-26H2,1-3H3;1H. The van der Waals surface area contributed by atoms with Crippen molar-refractivity contribution in [2.45, 2.75) is 130 Å². The molecule has 2 heteroatoms. The second kappa shape index (κ2) is 21.7. The Hall–Kier alpha value is -0.530. The first-order valence-corrected chi connectivity index (χ1v) is 13.1. The van der Waals surface area contributed by atoms with Crippen molar-refractivity contribution in [1.82, 2.24) is 4.90 Å². The number of benzene rings is 1. The van der Waals surface area contributed by atoms with Crippen LogP contribution in [-0.2, 0) is 0 Å². The Kier molecular flexibility index (Phi) is 21.3. The van der Waals surface area contributed by atoms with E-state index < -0.39 is 0 Å². The number of hydrogen-bond donors (Lipinski definition) is 0. The molecule has 1 aromatic rings. The van der Waals surface area contributed by atoms with Gasteiger partial charge in [0.1, 0.15) is 0 Å². The molecule has 0 fully saturated rings. The fourth-order valence-electron chi connectivity index (χ4n) is 4.34. The van der Waals surface area contributed by atoms with Crippen molar-refractivity contribution in [3.05, 3.63) is 35.9 Å². The Morgan fingerprint density at radius 3 is 1.33 bits per heavy atom. The average Bonchev–Trinajstić information content (AvgIpc) is 2.76. The van der Waals surface area contributed by atoms with E-state index in [2.05, 4.69) is 56.0 Å². The third-order valence-corrected chi connectivity index (χ3v) is 6.43. The van der Waals surface area contributed by atoms with Gasteiger partial charge in [-0.3, -0.25) is 4.90 Å². The van der Waals surface area contributed by atoms with Crippen molar-refractivity contribution in [2.75, 3.05) is 13.1 Å². The van der Waals surface area contributed by atoms with E-state index in [1.54, 1.807) is 0 Å².